The normalized spacial score (nSPS) is 14.4. The zero-order valence-electron chi connectivity index (χ0n) is 12.7. The molecular weight excluding hydrogens is 395 g/mol. The van der Waals surface area contributed by atoms with Crippen molar-refractivity contribution < 1.29 is 9.53 Å². The van der Waals surface area contributed by atoms with Crippen LogP contribution in [0.4, 0.5) is 0 Å². The van der Waals surface area contributed by atoms with Gasteiger partial charge in [-0.3, -0.25) is 9.79 Å². The maximum atomic E-state index is 10.7. The van der Waals surface area contributed by atoms with Gasteiger partial charge < -0.3 is 20.7 Å². The maximum Gasteiger partial charge on any atom is 0.255 e. The van der Waals surface area contributed by atoms with Crippen LogP contribution in [0.25, 0.3) is 0 Å². The lowest BCUT2D eigenvalue weighted by Gasteiger charge is -2.20. The number of hydrogen-bond donors (Lipinski definition) is 2. The Labute approximate surface area is 148 Å². The number of halogens is 1. The smallest absolute Gasteiger partial charge is 0.255 e. The van der Waals surface area contributed by atoms with E-state index in [-0.39, 0.29) is 30.6 Å². The first-order valence-electron chi connectivity index (χ1n) is 7.14. The zero-order valence-corrected chi connectivity index (χ0v) is 15.1. The van der Waals surface area contributed by atoms with Crippen LogP contribution in [0.2, 0.25) is 0 Å². The third kappa shape index (κ3) is 5.70. The SMILES string of the molecule is CN=C(NCc1cccc(OCC(N)=O)c1)N1CCCC1.I. The van der Waals surface area contributed by atoms with Crippen molar-refractivity contribution in [2.75, 3.05) is 26.7 Å². The van der Waals surface area contributed by atoms with Crippen LogP contribution in [0, 0.1) is 0 Å². The maximum absolute atomic E-state index is 10.7. The molecule has 0 atom stereocenters. The molecule has 0 bridgehead atoms. The second-order valence-electron chi connectivity index (χ2n) is 5.00. The summed E-state index contributed by atoms with van der Waals surface area (Å²) in [4.78, 5) is 17.3. The van der Waals surface area contributed by atoms with E-state index < -0.39 is 5.91 Å². The topological polar surface area (TPSA) is 80.0 Å². The molecule has 122 valence electrons. The lowest BCUT2D eigenvalue weighted by molar-refractivity contribution is -0.119. The first-order chi connectivity index (χ1) is 10.2. The highest BCUT2D eigenvalue weighted by Crippen LogP contribution is 2.13. The van der Waals surface area contributed by atoms with Crippen molar-refractivity contribution in [3.05, 3.63) is 29.8 Å². The number of nitrogens with two attached hydrogens (primary N) is 1. The molecule has 6 nitrogen and oxygen atoms in total. The number of nitrogens with one attached hydrogen (secondary N) is 1. The van der Waals surface area contributed by atoms with Crippen LogP contribution in [0.1, 0.15) is 18.4 Å². The number of benzene rings is 1. The number of guanidine groups is 1. The Morgan fingerprint density at radius 1 is 1.41 bits per heavy atom. The third-order valence-electron chi connectivity index (χ3n) is 3.35. The van der Waals surface area contributed by atoms with Crippen molar-refractivity contribution in [1.82, 2.24) is 10.2 Å². The zero-order chi connectivity index (χ0) is 15.1. The Bertz CT molecular complexity index is 516. The highest BCUT2D eigenvalue weighted by atomic mass is 127. The van der Waals surface area contributed by atoms with Gasteiger partial charge in [0.1, 0.15) is 5.75 Å². The fourth-order valence-corrected chi connectivity index (χ4v) is 2.34. The number of aliphatic imine (C=N–C) groups is 1. The van der Waals surface area contributed by atoms with Gasteiger partial charge in [-0.05, 0) is 30.5 Å². The van der Waals surface area contributed by atoms with Gasteiger partial charge in [-0.25, -0.2) is 0 Å². The molecule has 1 saturated heterocycles. The van der Waals surface area contributed by atoms with Crippen LogP contribution in [-0.2, 0) is 11.3 Å². The molecule has 0 unspecified atom stereocenters. The predicted octanol–water partition coefficient (Wildman–Crippen LogP) is 1.34. The summed E-state index contributed by atoms with van der Waals surface area (Å²) in [5.74, 6) is 1.09. The molecule has 0 spiro atoms. The minimum absolute atomic E-state index is 0. The average molecular weight is 418 g/mol. The van der Waals surface area contributed by atoms with Crippen molar-refractivity contribution in [1.29, 1.82) is 0 Å². The molecule has 0 saturated carbocycles. The number of ether oxygens (including phenoxy) is 1. The quantitative estimate of drug-likeness (QED) is 0.430. The van der Waals surface area contributed by atoms with E-state index in [0.717, 1.165) is 24.6 Å². The van der Waals surface area contributed by atoms with Gasteiger partial charge in [0.05, 0.1) is 0 Å². The number of rotatable bonds is 5. The molecule has 1 aliphatic rings. The fraction of sp³-hybridized carbons (Fsp3) is 0.467. The van der Waals surface area contributed by atoms with Gasteiger partial charge in [0.2, 0.25) is 0 Å². The summed E-state index contributed by atoms with van der Waals surface area (Å²) in [6.45, 7) is 2.67. The second kappa shape index (κ2) is 9.50. The summed E-state index contributed by atoms with van der Waals surface area (Å²) < 4.78 is 5.30. The van der Waals surface area contributed by atoms with E-state index in [9.17, 15) is 4.79 Å². The summed E-state index contributed by atoms with van der Waals surface area (Å²) in [6.07, 6.45) is 2.44. The number of primary amides is 1. The molecule has 1 aliphatic heterocycles. The molecule has 7 heteroatoms. The van der Waals surface area contributed by atoms with Crippen LogP contribution in [0.3, 0.4) is 0 Å². The van der Waals surface area contributed by atoms with Gasteiger partial charge in [-0.1, -0.05) is 12.1 Å². The van der Waals surface area contributed by atoms with Crippen molar-refractivity contribution in [3.8, 4) is 5.75 Å². The van der Waals surface area contributed by atoms with Crippen molar-refractivity contribution in [2.45, 2.75) is 19.4 Å². The number of amides is 1. The molecule has 1 aromatic carbocycles. The highest BCUT2D eigenvalue weighted by molar-refractivity contribution is 14.0. The average Bonchev–Trinajstić information content (AvgIpc) is 3.00. The summed E-state index contributed by atoms with van der Waals surface area (Å²) in [5, 5.41) is 3.35. The van der Waals surface area contributed by atoms with E-state index in [4.69, 9.17) is 10.5 Å². The molecule has 0 aliphatic carbocycles. The molecule has 2 rings (SSSR count). The molecule has 3 N–H and O–H groups in total. The fourth-order valence-electron chi connectivity index (χ4n) is 2.34. The molecule has 0 radical (unpaired) electrons. The Balaban J connectivity index is 0.00000242. The van der Waals surface area contributed by atoms with E-state index in [1.807, 2.05) is 24.3 Å². The van der Waals surface area contributed by atoms with Crippen molar-refractivity contribution >= 4 is 35.8 Å². The summed E-state index contributed by atoms with van der Waals surface area (Å²) in [5.41, 5.74) is 6.13. The monoisotopic (exact) mass is 418 g/mol. The van der Waals surface area contributed by atoms with E-state index >= 15 is 0 Å². The number of carbonyl (C=O) groups is 1. The first kappa shape index (κ1) is 18.5. The molecular formula is C15H23IN4O2. The third-order valence-corrected chi connectivity index (χ3v) is 3.35. The second-order valence-corrected chi connectivity index (χ2v) is 5.00. The van der Waals surface area contributed by atoms with E-state index in [0.29, 0.717) is 12.3 Å². The molecule has 22 heavy (non-hydrogen) atoms. The summed E-state index contributed by atoms with van der Waals surface area (Å²) in [6, 6.07) is 7.60. The van der Waals surface area contributed by atoms with Gasteiger partial charge in [-0.15, -0.1) is 24.0 Å². The minimum atomic E-state index is -0.479. The van der Waals surface area contributed by atoms with Gasteiger partial charge >= 0.3 is 0 Å². The minimum Gasteiger partial charge on any atom is -0.484 e. The number of likely N-dealkylation sites (tertiary alicyclic amines) is 1. The first-order valence-corrected chi connectivity index (χ1v) is 7.14. The standard InChI is InChI=1S/C15H22N4O2.HI/c1-17-15(19-7-2-3-8-19)18-10-12-5-4-6-13(9-12)21-11-14(16)20;/h4-6,9H,2-3,7-8,10-11H2,1H3,(H2,16,20)(H,17,18);1H. The summed E-state index contributed by atoms with van der Waals surface area (Å²) in [7, 11) is 1.80. The Hall–Kier alpha value is -1.51. The molecule has 1 aromatic rings. The molecule has 1 fully saturated rings. The van der Waals surface area contributed by atoms with Crippen LogP contribution in [0.15, 0.2) is 29.3 Å². The highest BCUT2D eigenvalue weighted by Gasteiger charge is 2.15. The van der Waals surface area contributed by atoms with Gasteiger partial charge in [0.25, 0.3) is 5.91 Å². The lowest BCUT2D eigenvalue weighted by atomic mass is 10.2. The molecule has 1 heterocycles. The number of carbonyl (C=O) groups excluding carboxylic acids is 1. The van der Waals surface area contributed by atoms with E-state index in [1.54, 1.807) is 7.05 Å². The van der Waals surface area contributed by atoms with Crippen LogP contribution >= 0.6 is 24.0 Å². The van der Waals surface area contributed by atoms with Gasteiger partial charge in [-0.2, -0.15) is 0 Å². The van der Waals surface area contributed by atoms with Crippen LogP contribution < -0.4 is 15.8 Å². The summed E-state index contributed by atoms with van der Waals surface area (Å²) >= 11 is 0. The lowest BCUT2D eigenvalue weighted by Crippen LogP contribution is -2.39. The van der Waals surface area contributed by atoms with Gasteiger partial charge in [0.15, 0.2) is 12.6 Å². The van der Waals surface area contributed by atoms with E-state index in [1.165, 1.54) is 12.8 Å². The van der Waals surface area contributed by atoms with Crippen molar-refractivity contribution in [3.63, 3.8) is 0 Å². The largest absolute Gasteiger partial charge is 0.484 e. The molecule has 0 aromatic heterocycles. The number of nitrogens with zero attached hydrogens (tertiary/aromatic N) is 2. The Kier molecular flexibility index (Phi) is 8.00. The predicted molar refractivity (Wildman–Crippen MR) is 97.6 cm³/mol. The Morgan fingerprint density at radius 3 is 2.77 bits per heavy atom. The Morgan fingerprint density at radius 2 is 2.14 bits per heavy atom. The molecule has 1 amide bonds. The van der Waals surface area contributed by atoms with E-state index in [2.05, 4.69) is 15.2 Å². The van der Waals surface area contributed by atoms with Crippen molar-refractivity contribution in [2.24, 2.45) is 10.7 Å². The number of hydrogen-bond acceptors (Lipinski definition) is 3. The van der Waals surface area contributed by atoms with Gasteiger partial charge in [0, 0.05) is 26.7 Å². The van der Waals surface area contributed by atoms with Crippen LogP contribution in [0.5, 0.6) is 5.75 Å². The van der Waals surface area contributed by atoms with Crippen LogP contribution in [-0.4, -0.2) is 43.5 Å².